The third kappa shape index (κ3) is 3.39. The van der Waals surface area contributed by atoms with E-state index in [1.165, 1.54) is 5.69 Å². The highest BCUT2D eigenvalue weighted by Crippen LogP contribution is 2.24. The molecule has 0 radical (unpaired) electrons. The molecular formula is C15H22N2O2. The Morgan fingerprint density at radius 1 is 1.16 bits per heavy atom. The van der Waals surface area contributed by atoms with E-state index in [9.17, 15) is 0 Å². The van der Waals surface area contributed by atoms with Gasteiger partial charge in [0.15, 0.2) is 0 Å². The fourth-order valence-corrected chi connectivity index (χ4v) is 2.66. The summed E-state index contributed by atoms with van der Waals surface area (Å²) in [5.74, 6) is 0.989. The molecule has 4 heteroatoms. The first-order valence-electron chi connectivity index (χ1n) is 7.22. The van der Waals surface area contributed by atoms with Crippen LogP contribution in [0.2, 0.25) is 0 Å². The summed E-state index contributed by atoms with van der Waals surface area (Å²) in [4.78, 5) is 2.41. The molecule has 2 fully saturated rings. The molecule has 0 bridgehead atoms. The molecule has 0 aromatic heterocycles. The number of nitrogens with zero attached hydrogens (tertiary/aromatic N) is 1. The zero-order valence-electron chi connectivity index (χ0n) is 11.3. The summed E-state index contributed by atoms with van der Waals surface area (Å²) in [6.45, 7) is 5.90. The van der Waals surface area contributed by atoms with Crippen molar-refractivity contribution in [2.24, 2.45) is 0 Å². The molecule has 1 N–H and O–H groups in total. The Morgan fingerprint density at radius 3 is 2.74 bits per heavy atom. The molecule has 0 spiro atoms. The molecule has 2 saturated heterocycles. The molecule has 2 aliphatic rings. The van der Waals surface area contributed by atoms with Gasteiger partial charge in [-0.2, -0.15) is 0 Å². The maximum absolute atomic E-state index is 6.06. The first kappa shape index (κ1) is 12.8. The Morgan fingerprint density at radius 2 is 1.95 bits per heavy atom. The van der Waals surface area contributed by atoms with Gasteiger partial charge in [0, 0.05) is 50.8 Å². The summed E-state index contributed by atoms with van der Waals surface area (Å²) >= 11 is 0. The molecule has 0 unspecified atom stereocenters. The van der Waals surface area contributed by atoms with Crippen molar-refractivity contribution < 1.29 is 9.47 Å². The van der Waals surface area contributed by atoms with E-state index >= 15 is 0 Å². The number of hydrogen-bond donors (Lipinski definition) is 1. The number of ether oxygens (including phenoxy) is 2. The van der Waals surface area contributed by atoms with Gasteiger partial charge in [0.05, 0.1) is 13.2 Å². The van der Waals surface area contributed by atoms with Crippen LogP contribution in [0.15, 0.2) is 24.3 Å². The SMILES string of the molecule is c1cc(OC2CCOCC2)cc(N2CCNCC2)c1. The van der Waals surface area contributed by atoms with Gasteiger partial charge < -0.3 is 19.7 Å². The van der Waals surface area contributed by atoms with Crippen LogP contribution in [0.4, 0.5) is 5.69 Å². The zero-order valence-corrected chi connectivity index (χ0v) is 11.3. The van der Waals surface area contributed by atoms with Crippen molar-refractivity contribution in [2.75, 3.05) is 44.3 Å². The Hall–Kier alpha value is -1.26. The van der Waals surface area contributed by atoms with E-state index in [1.807, 2.05) is 0 Å². The zero-order chi connectivity index (χ0) is 12.9. The topological polar surface area (TPSA) is 33.7 Å². The fourth-order valence-electron chi connectivity index (χ4n) is 2.66. The molecule has 0 atom stereocenters. The lowest BCUT2D eigenvalue weighted by atomic mass is 10.1. The van der Waals surface area contributed by atoms with E-state index in [0.717, 1.165) is 58.0 Å². The van der Waals surface area contributed by atoms with Crippen molar-refractivity contribution in [1.82, 2.24) is 5.32 Å². The summed E-state index contributed by atoms with van der Waals surface area (Å²) < 4.78 is 11.4. The number of benzene rings is 1. The molecule has 0 aliphatic carbocycles. The van der Waals surface area contributed by atoms with E-state index in [1.54, 1.807) is 0 Å². The standard InChI is InChI=1S/C15H22N2O2/c1-2-13(17-8-6-16-7-9-17)12-15(3-1)19-14-4-10-18-11-5-14/h1-3,12,14,16H,4-11H2. The van der Waals surface area contributed by atoms with Crippen molar-refractivity contribution in [3.8, 4) is 5.75 Å². The molecule has 1 aromatic carbocycles. The van der Waals surface area contributed by atoms with E-state index < -0.39 is 0 Å². The minimum absolute atomic E-state index is 0.312. The van der Waals surface area contributed by atoms with Gasteiger partial charge in [0.1, 0.15) is 11.9 Å². The highest BCUT2D eigenvalue weighted by atomic mass is 16.5. The van der Waals surface area contributed by atoms with Crippen LogP contribution in [0.1, 0.15) is 12.8 Å². The molecule has 104 valence electrons. The van der Waals surface area contributed by atoms with Crippen molar-refractivity contribution in [3.63, 3.8) is 0 Å². The molecule has 0 amide bonds. The Kier molecular flexibility index (Phi) is 4.20. The predicted molar refractivity (Wildman–Crippen MR) is 76.0 cm³/mol. The molecule has 3 rings (SSSR count). The van der Waals surface area contributed by atoms with Crippen LogP contribution in [0.25, 0.3) is 0 Å². The van der Waals surface area contributed by atoms with E-state index in [4.69, 9.17) is 9.47 Å². The highest BCUT2D eigenvalue weighted by molar-refractivity contribution is 5.51. The van der Waals surface area contributed by atoms with Crippen LogP contribution in [0.3, 0.4) is 0 Å². The normalized spacial score (nSPS) is 21.4. The number of rotatable bonds is 3. The highest BCUT2D eigenvalue weighted by Gasteiger charge is 2.16. The minimum Gasteiger partial charge on any atom is -0.490 e. The largest absolute Gasteiger partial charge is 0.490 e. The van der Waals surface area contributed by atoms with Gasteiger partial charge in [0.25, 0.3) is 0 Å². The monoisotopic (exact) mass is 262 g/mol. The quantitative estimate of drug-likeness (QED) is 0.898. The average molecular weight is 262 g/mol. The third-order valence-electron chi connectivity index (χ3n) is 3.77. The average Bonchev–Trinajstić information content (AvgIpc) is 2.49. The maximum atomic E-state index is 6.06. The molecule has 1 aromatic rings. The summed E-state index contributed by atoms with van der Waals surface area (Å²) in [6.07, 6.45) is 2.31. The fraction of sp³-hybridized carbons (Fsp3) is 0.600. The predicted octanol–water partition coefficient (Wildman–Crippen LogP) is 1.65. The van der Waals surface area contributed by atoms with E-state index in [-0.39, 0.29) is 0 Å². The second-order valence-corrected chi connectivity index (χ2v) is 5.16. The smallest absolute Gasteiger partial charge is 0.121 e. The van der Waals surface area contributed by atoms with Gasteiger partial charge in [0.2, 0.25) is 0 Å². The van der Waals surface area contributed by atoms with Crippen LogP contribution in [-0.2, 0) is 4.74 Å². The maximum Gasteiger partial charge on any atom is 0.121 e. The number of hydrogen-bond acceptors (Lipinski definition) is 4. The molecule has 2 aliphatic heterocycles. The minimum atomic E-state index is 0.312. The Bertz CT molecular complexity index is 399. The Labute approximate surface area is 114 Å². The van der Waals surface area contributed by atoms with E-state index in [2.05, 4.69) is 34.5 Å². The van der Waals surface area contributed by atoms with Crippen molar-refractivity contribution in [2.45, 2.75) is 18.9 Å². The third-order valence-corrected chi connectivity index (χ3v) is 3.77. The summed E-state index contributed by atoms with van der Waals surface area (Å²) in [5.41, 5.74) is 1.27. The first-order valence-corrected chi connectivity index (χ1v) is 7.22. The summed E-state index contributed by atoms with van der Waals surface area (Å²) in [7, 11) is 0. The Balaban J connectivity index is 1.64. The van der Waals surface area contributed by atoms with Gasteiger partial charge in [-0.05, 0) is 12.1 Å². The second-order valence-electron chi connectivity index (χ2n) is 5.16. The number of anilines is 1. The van der Waals surface area contributed by atoms with Crippen LogP contribution < -0.4 is 15.0 Å². The lowest BCUT2D eigenvalue weighted by molar-refractivity contribution is 0.0256. The molecule has 4 nitrogen and oxygen atoms in total. The van der Waals surface area contributed by atoms with Crippen molar-refractivity contribution in [1.29, 1.82) is 0 Å². The lowest BCUT2D eigenvalue weighted by Crippen LogP contribution is -2.43. The van der Waals surface area contributed by atoms with Crippen LogP contribution in [0.5, 0.6) is 5.75 Å². The molecule has 0 saturated carbocycles. The van der Waals surface area contributed by atoms with Gasteiger partial charge in [-0.15, -0.1) is 0 Å². The second kappa shape index (κ2) is 6.26. The number of nitrogens with one attached hydrogen (secondary N) is 1. The summed E-state index contributed by atoms with van der Waals surface area (Å²) in [5, 5.41) is 3.38. The van der Waals surface area contributed by atoms with E-state index in [0.29, 0.717) is 6.10 Å². The molecule has 19 heavy (non-hydrogen) atoms. The molecular weight excluding hydrogens is 240 g/mol. The van der Waals surface area contributed by atoms with Crippen LogP contribution in [0, 0.1) is 0 Å². The van der Waals surface area contributed by atoms with Gasteiger partial charge in [-0.3, -0.25) is 0 Å². The van der Waals surface area contributed by atoms with Gasteiger partial charge >= 0.3 is 0 Å². The van der Waals surface area contributed by atoms with Gasteiger partial charge in [-0.25, -0.2) is 0 Å². The first-order chi connectivity index (χ1) is 9.42. The molecule has 2 heterocycles. The van der Waals surface area contributed by atoms with Crippen molar-refractivity contribution >= 4 is 5.69 Å². The van der Waals surface area contributed by atoms with Gasteiger partial charge in [-0.1, -0.05) is 6.07 Å². The van der Waals surface area contributed by atoms with Crippen molar-refractivity contribution in [3.05, 3.63) is 24.3 Å². The lowest BCUT2D eigenvalue weighted by Gasteiger charge is -2.30. The number of piperazine rings is 1. The summed E-state index contributed by atoms with van der Waals surface area (Å²) in [6, 6.07) is 8.48. The van der Waals surface area contributed by atoms with Crippen LogP contribution in [-0.4, -0.2) is 45.5 Å². The van der Waals surface area contributed by atoms with Crippen LogP contribution >= 0.6 is 0 Å².